The molecule has 0 saturated carbocycles. The molecular formula is C27H30ClN3O. The van der Waals surface area contributed by atoms with Crippen LogP contribution in [0.4, 0.5) is 0 Å². The molecule has 32 heavy (non-hydrogen) atoms. The summed E-state index contributed by atoms with van der Waals surface area (Å²) in [7, 11) is 1.72. The fourth-order valence-corrected chi connectivity index (χ4v) is 4.80. The number of hydrogen-bond acceptors (Lipinski definition) is 3. The second kappa shape index (κ2) is 10.8. The second-order valence-electron chi connectivity index (χ2n) is 8.36. The molecule has 5 heteroatoms. The number of amides is 1. The minimum absolute atomic E-state index is 0.0758. The van der Waals surface area contributed by atoms with Crippen LogP contribution in [0.3, 0.4) is 0 Å². The molecule has 3 aromatic rings. The van der Waals surface area contributed by atoms with Crippen LogP contribution in [-0.2, 0) is 11.3 Å². The number of likely N-dealkylation sites (N-methyl/N-ethyl adjacent to an activating group) is 1. The Labute approximate surface area is 195 Å². The van der Waals surface area contributed by atoms with Gasteiger partial charge in [0, 0.05) is 43.7 Å². The Morgan fingerprint density at radius 2 is 1.56 bits per heavy atom. The number of rotatable bonds is 8. The van der Waals surface area contributed by atoms with Crippen LogP contribution in [0.2, 0.25) is 5.02 Å². The highest BCUT2D eigenvalue weighted by atomic mass is 35.5. The van der Waals surface area contributed by atoms with Gasteiger partial charge in [0.2, 0.25) is 5.91 Å². The van der Waals surface area contributed by atoms with Crippen LogP contribution in [0.1, 0.15) is 29.0 Å². The predicted octanol–water partition coefficient (Wildman–Crippen LogP) is 4.45. The van der Waals surface area contributed by atoms with Crippen molar-refractivity contribution in [1.29, 1.82) is 0 Å². The molecule has 0 bridgehead atoms. The Balaban J connectivity index is 1.52. The van der Waals surface area contributed by atoms with Crippen molar-refractivity contribution in [2.24, 2.45) is 0 Å². The van der Waals surface area contributed by atoms with Crippen LogP contribution >= 0.6 is 11.6 Å². The van der Waals surface area contributed by atoms with Crippen molar-refractivity contribution in [3.63, 3.8) is 0 Å². The Hall–Kier alpha value is -2.66. The molecule has 1 heterocycles. The lowest BCUT2D eigenvalue weighted by Gasteiger charge is -2.28. The third-order valence-electron chi connectivity index (χ3n) is 6.31. The standard InChI is InChI=1S/C27H30ClN3O/c1-29-27(32)26-16-23(30-17-22-14-8-9-15-25(22)28)18-31(26)19-24(20-10-4-2-5-11-20)21-12-6-3-7-13-21/h2-15,23-24,26,30H,16-19H2,1H3,(H,29,32)/t23-,26+/m1/s1. The smallest absolute Gasteiger partial charge is 0.237 e. The van der Waals surface area contributed by atoms with Crippen molar-refractivity contribution >= 4 is 17.5 Å². The van der Waals surface area contributed by atoms with E-state index in [1.165, 1.54) is 11.1 Å². The van der Waals surface area contributed by atoms with Crippen molar-refractivity contribution in [1.82, 2.24) is 15.5 Å². The maximum absolute atomic E-state index is 12.8. The minimum atomic E-state index is -0.154. The maximum atomic E-state index is 12.8. The third kappa shape index (κ3) is 5.39. The molecule has 1 amide bonds. The highest BCUT2D eigenvalue weighted by Gasteiger charge is 2.37. The summed E-state index contributed by atoms with van der Waals surface area (Å²) in [4.78, 5) is 15.1. The molecule has 2 atom stereocenters. The minimum Gasteiger partial charge on any atom is -0.358 e. The first-order valence-electron chi connectivity index (χ1n) is 11.2. The van der Waals surface area contributed by atoms with Crippen LogP contribution in [-0.4, -0.2) is 43.0 Å². The van der Waals surface area contributed by atoms with Crippen LogP contribution in [0.25, 0.3) is 0 Å². The first-order chi connectivity index (χ1) is 15.7. The summed E-state index contributed by atoms with van der Waals surface area (Å²) in [6.45, 7) is 2.30. The van der Waals surface area contributed by atoms with Gasteiger partial charge in [0.1, 0.15) is 0 Å². The summed E-state index contributed by atoms with van der Waals surface area (Å²) < 4.78 is 0. The van der Waals surface area contributed by atoms with Crippen LogP contribution in [0.15, 0.2) is 84.9 Å². The SMILES string of the molecule is CNC(=O)[C@@H]1C[C@@H](NCc2ccccc2Cl)CN1CC(c1ccccc1)c1ccccc1. The zero-order chi connectivity index (χ0) is 22.3. The second-order valence-corrected chi connectivity index (χ2v) is 8.77. The van der Waals surface area contributed by atoms with Crippen molar-refractivity contribution in [3.8, 4) is 0 Å². The van der Waals surface area contributed by atoms with Gasteiger partial charge in [-0.3, -0.25) is 9.69 Å². The number of halogens is 1. The summed E-state index contributed by atoms with van der Waals surface area (Å²) in [5.74, 6) is 0.277. The van der Waals surface area contributed by atoms with Gasteiger partial charge in [0.15, 0.2) is 0 Å². The van der Waals surface area contributed by atoms with Gasteiger partial charge < -0.3 is 10.6 Å². The molecule has 1 aliphatic rings. The zero-order valence-electron chi connectivity index (χ0n) is 18.4. The first kappa shape index (κ1) is 22.5. The van der Waals surface area contributed by atoms with Gasteiger partial charge >= 0.3 is 0 Å². The summed E-state index contributed by atoms with van der Waals surface area (Å²) >= 11 is 6.33. The van der Waals surface area contributed by atoms with E-state index in [4.69, 9.17) is 11.6 Å². The van der Waals surface area contributed by atoms with Gasteiger partial charge in [-0.1, -0.05) is 90.5 Å². The molecule has 0 aromatic heterocycles. The monoisotopic (exact) mass is 447 g/mol. The van der Waals surface area contributed by atoms with E-state index in [1.807, 2.05) is 36.4 Å². The molecule has 0 spiro atoms. The van der Waals surface area contributed by atoms with E-state index in [-0.39, 0.29) is 23.9 Å². The van der Waals surface area contributed by atoms with E-state index in [1.54, 1.807) is 7.05 Å². The largest absolute Gasteiger partial charge is 0.358 e. The molecule has 1 saturated heterocycles. The zero-order valence-corrected chi connectivity index (χ0v) is 19.1. The number of carbonyl (C=O) groups excluding carboxylic acids is 1. The fraction of sp³-hybridized carbons (Fsp3) is 0.296. The lowest BCUT2D eigenvalue weighted by atomic mass is 9.90. The average Bonchev–Trinajstić information content (AvgIpc) is 3.25. The van der Waals surface area contributed by atoms with Crippen molar-refractivity contribution in [3.05, 3.63) is 107 Å². The quantitative estimate of drug-likeness (QED) is 0.536. The van der Waals surface area contributed by atoms with Crippen molar-refractivity contribution in [2.75, 3.05) is 20.1 Å². The van der Waals surface area contributed by atoms with Gasteiger partial charge in [0.25, 0.3) is 0 Å². The summed E-state index contributed by atoms with van der Waals surface area (Å²) in [5, 5.41) is 7.26. The van der Waals surface area contributed by atoms with Gasteiger partial charge in [-0.15, -0.1) is 0 Å². The Bertz CT molecular complexity index is 972. The first-order valence-corrected chi connectivity index (χ1v) is 11.6. The summed E-state index contributed by atoms with van der Waals surface area (Å²) in [5.41, 5.74) is 3.61. The number of carbonyl (C=O) groups is 1. The summed E-state index contributed by atoms with van der Waals surface area (Å²) in [6.07, 6.45) is 0.778. The molecule has 0 aliphatic carbocycles. The van der Waals surface area contributed by atoms with Crippen LogP contribution in [0, 0.1) is 0 Å². The molecule has 166 valence electrons. The molecule has 4 rings (SSSR count). The summed E-state index contributed by atoms with van der Waals surface area (Å²) in [6, 6.07) is 29.1. The number of nitrogens with one attached hydrogen (secondary N) is 2. The molecule has 1 aliphatic heterocycles. The van der Waals surface area contributed by atoms with Gasteiger partial charge in [-0.05, 0) is 29.2 Å². The highest BCUT2D eigenvalue weighted by Crippen LogP contribution is 2.29. The normalized spacial score (nSPS) is 18.7. The lowest BCUT2D eigenvalue weighted by molar-refractivity contribution is -0.125. The molecule has 4 nitrogen and oxygen atoms in total. The molecule has 1 fully saturated rings. The number of nitrogens with zero attached hydrogens (tertiary/aromatic N) is 1. The van der Waals surface area contributed by atoms with E-state index in [9.17, 15) is 4.79 Å². The number of likely N-dealkylation sites (tertiary alicyclic amines) is 1. The van der Waals surface area contributed by atoms with E-state index in [0.29, 0.717) is 6.54 Å². The molecular weight excluding hydrogens is 418 g/mol. The molecule has 0 unspecified atom stereocenters. The third-order valence-corrected chi connectivity index (χ3v) is 6.68. The maximum Gasteiger partial charge on any atom is 0.237 e. The lowest BCUT2D eigenvalue weighted by Crippen LogP contribution is -2.43. The van der Waals surface area contributed by atoms with Crippen molar-refractivity contribution < 1.29 is 4.79 Å². The number of hydrogen-bond donors (Lipinski definition) is 2. The van der Waals surface area contributed by atoms with Gasteiger partial charge in [-0.25, -0.2) is 0 Å². The van der Waals surface area contributed by atoms with Crippen molar-refractivity contribution in [2.45, 2.75) is 31.0 Å². The van der Waals surface area contributed by atoms with E-state index in [2.05, 4.69) is 64.1 Å². The molecule has 2 N–H and O–H groups in total. The van der Waals surface area contributed by atoms with Gasteiger partial charge in [0.05, 0.1) is 6.04 Å². The Morgan fingerprint density at radius 1 is 0.969 bits per heavy atom. The molecule has 3 aromatic carbocycles. The predicted molar refractivity (Wildman–Crippen MR) is 131 cm³/mol. The Morgan fingerprint density at radius 3 is 2.16 bits per heavy atom. The molecule has 0 radical (unpaired) electrons. The van der Waals surface area contributed by atoms with Crippen LogP contribution < -0.4 is 10.6 Å². The average molecular weight is 448 g/mol. The van der Waals surface area contributed by atoms with E-state index >= 15 is 0 Å². The van der Waals surface area contributed by atoms with Crippen LogP contribution in [0.5, 0.6) is 0 Å². The highest BCUT2D eigenvalue weighted by molar-refractivity contribution is 6.31. The Kier molecular flexibility index (Phi) is 7.59. The van der Waals surface area contributed by atoms with E-state index < -0.39 is 0 Å². The number of benzene rings is 3. The van der Waals surface area contributed by atoms with E-state index in [0.717, 1.165) is 30.1 Å². The van der Waals surface area contributed by atoms with Gasteiger partial charge in [-0.2, -0.15) is 0 Å². The fourth-order valence-electron chi connectivity index (χ4n) is 4.60. The topological polar surface area (TPSA) is 44.4 Å².